The summed E-state index contributed by atoms with van der Waals surface area (Å²) in [7, 11) is 0. The predicted molar refractivity (Wildman–Crippen MR) is 148 cm³/mol. The molecule has 0 saturated heterocycles. The molecule has 0 radical (unpaired) electrons. The van der Waals surface area contributed by atoms with Crippen LogP contribution >= 0.6 is 0 Å². The fourth-order valence-electron chi connectivity index (χ4n) is 6.05. The average Bonchev–Trinajstić information content (AvgIpc) is 3.36. The lowest BCUT2D eigenvalue weighted by Gasteiger charge is -2.34. The third kappa shape index (κ3) is 3.50. The maximum Gasteiger partial charge on any atom is 0.291 e. The van der Waals surface area contributed by atoms with Crippen molar-refractivity contribution in [2.75, 3.05) is 4.90 Å². The van der Waals surface area contributed by atoms with Crippen molar-refractivity contribution in [1.82, 2.24) is 4.90 Å². The van der Waals surface area contributed by atoms with E-state index in [1.807, 2.05) is 6.92 Å². The van der Waals surface area contributed by atoms with E-state index in [1.54, 1.807) is 60.7 Å². The number of fused-ring (bicyclic) bond motifs is 5. The first-order valence-corrected chi connectivity index (χ1v) is 13.1. The Morgan fingerprint density at radius 3 is 2.34 bits per heavy atom. The Morgan fingerprint density at radius 2 is 1.56 bits per heavy atom. The number of para-hydroxylation sites is 1. The Morgan fingerprint density at radius 1 is 0.829 bits per heavy atom. The van der Waals surface area contributed by atoms with Gasteiger partial charge in [0.1, 0.15) is 17.2 Å². The van der Waals surface area contributed by atoms with Gasteiger partial charge in [-0.2, -0.15) is 0 Å². The van der Waals surface area contributed by atoms with Gasteiger partial charge in [-0.25, -0.2) is 8.78 Å². The van der Waals surface area contributed by atoms with Crippen molar-refractivity contribution in [1.29, 1.82) is 0 Å². The van der Waals surface area contributed by atoms with Gasteiger partial charge < -0.3 is 14.2 Å². The molecule has 2 aliphatic heterocycles. The zero-order valence-corrected chi connectivity index (χ0v) is 21.9. The van der Waals surface area contributed by atoms with Gasteiger partial charge in [-0.05, 0) is 48.9 Å². The number of carbonyl (C=O) groups is 2. The molecule has 1 aromatic heterocycles. The van der Waals surface area contributed by atoms with Gasteiger partial charge in [0.2, 0.25) is 5.76 Å². The summed E-state index contributed by atoms with van der Waals surface area (Å²) in [5.41, 5.74) is 0.303. The topological polar surface area (TPSA) is 70.8 Å². The fraction of sp³-hybridized carbons (Fsp3) is 0.121. The normalized spacial score (nSPS) is 17.5. The number of rotatable bonds is 4. The number of aryl methyl sites for hydroxylation is 1. The molecule has 0 unspecified atom stereocenters. The first-order valence-electron chi connectivity index (χ1n) is 13.1. The van der Waals surface area contributed by atoms with Crippen LogP contribution in [0, 0.1) is 18.6 Å². The van der Waals surface area contributed by atoms with E-state index >= 15 is 0 Å². The molecule has 0 bridgehead atoms. The van der Waals surface area contributed by atoms with Crippen molar-refractivity contribution in [3.05, 3.63) is 146 Å². The van der Waals surface area contributed by atoms with Crippen LogP contribution in [0.5, 0.6) is 0 Å². The second-order valence-electron chi connectivity index (χ2n) is 10.4. The Hall–Kier alpha value is -5.11. The highest BCUT2D eigenvalue weighted by atomic mass is 19.1. The van der Waals surface area contributed by atoms with Crippen LogP contribution in [-0.2, 0) is 23.4 Å². The molecule has 7 rings (SSSR count). The minimum atomic E-state index is -1.87. The van der Waals surface area contributed by atoms with E-state index in [-0.39, 0.29) is 40.9 Å². The third-order valence-corrected chi connectivity index (χ3v) is 7.93. The van der Waals surface area contributed by atoms with Crippen LogP contribution in [0.1, 0.15) is 38.4 Å². The second kappa shape index (κ2) is 8.96. The molecule has 1 atom stereocenters. The van der Waals surface area contributed by atoms with E-state index in [4.69, 9.17) is 4.42 Å². The highest BCUT2D eigenvalue weighted by molar-refractivity contribution is 6.17. The molecule has 5 aromatic rings. The molecule has 202 valence electrons. The largest absolute Gasteiger partial charge is 0.450 e. The second-order valence-corrected chi connectivity index (χ2v) is 10.4. The fourth-order valence-corrected chi connectivity index (χ4v) is 6.05. The number of carbonyl (C=O) groups excluding carboxylic acids is 2. The van der Waals surface area contributed by atoms with Crippen molar-refractivity contribution in [2.45, 2.75) is 25.6 Å². The van der Waals surface area contributed by atoms with Gasteiger partial charge in [-0.3, -0.25) is 14.4 Å². The number of benzene rings is 4. The number of halogens is 2. The summed E-state index contributed by atoms with van der Waals surface area (Å²) in [6.07, 6.45) is 0. The standard InChI is InChI=1S/C33H22F2N2O4/c1-19-10-15-27-23(16-19)29(38)28-30(41-27)31(39)37(17-20-11-13-22(34)14-12-20)33(28)24-7-3-5-9-26(24)36(32(33)40)18-21-6-2-4-8-25(21)35/h2-16H,17-18H2,1H3/t33-/m1/s1. The summed E-state index contributed by atoms with van der Waals surface area (Å²) in [6, 6.07) is 23.7. The van der Waals surface area contributed by atoms with E-state index in [0.29, 0.717) is 16.8 Å². The summed E-state index contributed by atoms with van der Waals surface area (Å²) in [5, 5.41) is 0.248. The molecule has 0 fully saturated rings. The summed E-state index contributed by atoms with van der Waals surface area (Å²) in [5.74, 6) is -2.36. The summed E-state index contributed by atoms with van der Waals surface area (Å²) >= 11 is 0. The SMILES string of the molecule is Cc1ccc2oc3c(c(=O)c2c1)[C@]1(C(=O)N(Cc2ccccc2F)c2ccccc21)N(Cc1ccc(F)cc1)C3=O. The summed E-state index contributed by atoms with van der Waals surface area (Å²) in [6.45, 7) is 1.61. The lowest BCUT2D eigenvalue weighted by atomic mass is 9.83. The van der Waals surface area contributed by atoms with Crippen LogP contribution in [0.15, 0.2) is 100 Å². The smallest absolute Gasteiger partial charge is 0.291 e. The highest BCUT2D eigenvalue weighted by Gasteiger charge is 2.65. The Kier molecular flexibility index (Phi) is 5.44. The molecule has 0 aliphatic carbocycles. The number of hydrogen-bond donors (Lipinski definition) is 0. The van der Waals surface area contributed by atoms with Crippen molar-refractivity contribution in [2.24, 2.45) is 0 Å². The van der Waals surface area contributed by atoms with Crippen LogP contribution in [0.2, 0.25) is 0 Å². The predicted octanol–water partition coefficient (Wildman–Crippen LogP) is 5.83. The molecule has 6 nitrogen and oxygen atoms in total. The number of anilines is 1. The molecule has 3 heterocycles. The molecule has 41 heavy (non-hydrogen) atoms. The van der Waals surface area contributed by atoms with Gasteiger partial charge in [0, 0.05) is 17.7 Å². The zero-order chi connectivity index (χ0) is 28.5. The van der Waals surface area contributed by atoms with Gasteiger partial charge in [0.15, 0.2) is 11.0 Å². The molecule has 0 saturated carbocycles. The minimum Gasteiger partial charge on any atom is -0.450 e. The highest BCUT2D eigenvalue weighted by Crippen LogP contribution is 2.53. The summed E-state index contributed by atoms with van der Waals surface area (Å²) < 4.78 is 34.6. The monoisotopic (exact) mass is 548 g/mol. The molecule has 0 N–H and O–H groups in total. The number of hydrogen-bond acceptors (Lipinski definition) is 4. The number of amides is 2. The number of nitrogens with zero attached hydrogens (tertiary/aromatic N) is 2. The van der Waals surface area contributed by atoms with E-state index in [0.717, 1.165) is 5.56 Å². The van der Waals surface area contributed by atoms with E-state index in [1.165, 1.54) is 40.1 Å². The molecule has 4 aromatic carbocycles. The van der Waals surface area contributed by atoms with Gasteiger partial charge in [-0.1, -0.05) is 60.2 Å². The van der Waals surface area contributed by atoms with Crippen molar-refractivity contribution in [3.63, 3.8) is 0 Å². The first-order chi connectivity index (χ1) is 19.8. The average molecular weight is 549 g/mol. The summed E-state index contributed by atoms with van der Waals surface area (Å²) in [4.78, 5) is 46.0. The van der Waals surface area contributed by atoms with Crippen LogP contribution < -0.4 is 10.3 Å². The van der Waals surface area contributed by atoms with Gasteiger partial charge >= 0.3 is 0 Å². The maximum absolute atomic E-state index is 14.8. The van der Waals surface area contributed by atoms with Gasteiger partial charge in [0.25, 0.3) is 11.8 Å². The lowest BCUT2D eigenvalue weighted by Crippen LogP contribution is -2.53. The minimum absolute atomic E-state index is 0.0730. The van der Waals surface area contributed by atoms with E-state index in [2.05, 4.69) is 0 Å². The van der Waals surface area contributed by atoms with Crippen molar-refractivity contribution >= 4 is 28.5 Å². The van der Waals surface area contributed by atoms with Crippen LogP contribution in [0.25, 0.3) is 11.0 Å². The molecule has 1 spiro atoms. The molecule has 2 aliphatic rings. The van der Waals surface area contributed by atoms with E-state index < -0.39 is 34.4 Å². The molecular formula is C33H22F2N2O4. The van der Waals surface area contributed by atoms with Gasteiger partial charge in [0.05, 0.1) is 23.2 Å². The van der Waals surface area contributed by atoms with E-state index in [9.17, 15) is 23.2 Å². The Balaban J connectivity index is 1.52. The quantitative estimate of drug-likeness (QED) is 0.284. The molecule has 2 amide bonds. The maximum atomic E-state index is 14.8. The molecular weight excluding hydrogens is 526 g/mol. The van der Waals surface area contributed by atoms with Gasteiger partial charge in [-0.15, -0.1) is 0 Å². The molecule has 8 heteroatoms. The third-order valence-electron chi connectivity index (χ3n) is 7.93. The van der Waals surface area contributed by atoms with Crippen LogP contribution in [0.3, 0.4) is 0 Å². The zero-order valence-electron chi connectivity index (χ0n) is 21.9. The Bertz CT molecular complexity index is 1970. The Labute approximate surface area is 233 Å². The first kappa shape index (κ1) is 24.9. The van der Waals surface area contributed by atoms with Crippen LogP contribution in [0.4, 0.5) is 14.5 Å². The lowest BCUT2D eigenvalue weighted by molar-refractivity contribution is -0.126. The van der Waals surface area contributed by atoms with Crippen LogP contribution in [-0.4, -0.2) is 16.7 Å². The van der Waals surface area contributed by atoms with Crippen molar-refractivity contribution in [3.8, 4) is 0 Å². The van der Waals surface area contributed by atoms with Crippen molar-refractivity contribution < 1.29 is 22.8 Å².